The molecule has 1 heterocycles. The highest BCUT2D eigenvalue weighted by Crippen LogP contribution is 2.32. The number of likely N-dealkylation sites (N-methyl/N-ethyl adjacent to an activating group) is 1. The largest absolute Gasteiger partial charge is 0.360 e. The molecule has 1 amide bonds. The van der Waals surface area contributed by atoms with Crippen LogP contribution in [0.4, 0.5) is 11.4 Å². The number of hydrogen-bond acceptors (Lipinski definition) is 3. The normalized spacial score (nSPS) is 11.8. The van der Waals surface area contributed by atoms with Crippen LogP contribution in [0.3, 0.4) is 0 Å². The first-order valence-electron chi connectivity index (χ1n) is 9.80. The third-order valence-corrected chi connectivity index (χ3v) is 5.84. The third kappa shape index (κ3) is 4.05. The smallest absolute Gasteiger partial charge is 0.294 e. The first-order chi connectivity index (χ1) is 15.4. The van der Waals surface area contributed by atoms with Crippen molar-refractivity contribution < 1.29 is 18.4 Å². The van der Waals surface area contributed by atoms with E-state index in [2.05, 4.69) is 4.98 Å². The van der Waals surface area contributed by atoms with E-state index in [1.807, 2.05) is 42.5 Å². The van der Waals surface area contributed by atoms with Gasteiger partial charge in [-0.25, -0.2) is 8.51 Å². The van der Waals surface area contributed by atoms with Crippen LogP contribution in [0, 0.1) is 0 Å². The van der Waals surface area contributed by atoms with E-state index in [4.69, 9.17) is 0 Å². The average Bonchev–Trinajstić information content (AvgIpc) is 3.22. The molecule has 3 aromatic carbocycles. The Morgan fingerprint density at radius 2 is 1.50 bits per heavy atom. The van der Waals surface area contributed by atoms with Gasteiger partial charge in [-0.15, -0.1) is 0 Å². The lowest BCUT2D eigenvalue weighted by Crippen LogP contribution is -2.29. The number of aromatic nitrogens is 1. The van der Waals surface area contributed by atoms with Gasteiger partial charge in [-0.05, 0) is 41.5 Å². The summed E-state index contributed by atoms with van der Waals surface area (Å²) >= 11 is -2.36. The monoisotopic (exact) mass is 447 g/mol. The van der Waals surface area contributed by atoms with E-state index in [0.717, 1.165) is 11.1 Å². The molecule has 0 spiro atoms. The Hall–Kier alpha value is -3.75. The van der Waals surface area contributed by atoms with Gasteiger partial charge in [-0.3, -0.25) is 14.1 Å². The first-order valence-corrected chi connectivity index (χ1v) is 10.9. The molecule has 0 radical (unpaired) electrons. The van der Waals surface area contributed by atoms with Crippen LogP contribution in [-0.4, -0.2) is 44.4 Å². The number of carbonyl (C=O) groups excluding carboxylic acids is 2. The van der Waals surface area contributed by atoms with Gasteiger partial charge in [0.2, 0.25) is 0 Å². The zero-order valence-electron chi connectivity index (χ0n) is 17.5. The molecule has 0 aliphatic heterocycles. The maximum atomic E-state index is 12.6. The quantitative estimate of drug-likeness (QED) is 0.261. The summed E-state index contributed by atoms with van der Waals surface area (Å²) in [6, 6.07) is 22.1. The number of carbonyl (C=O) groups is 2. The lowest BCUT2D eigenvalue weighted by atomic mass is 10.1. The highest BCUT2D eigenvalue weighted by atomic mass is 32.2. The molecular weight excluding hydrogens is 426 g/mol. The fraction of sp³-hybridized carbons (Fsp3) is 0.0833. The zero-order valence-corrected chi connectivity index (χ0v) is 18.3. The summed E-state index contributed by atoms with van der Waals surface area (Å²) in [4.78, 5) is 28.9. The van der Waals surface area contributed by atoms with Crippen molar-refractivity contribution in [3.8, 4) is 11.1 Å². The summed E-state index contributed by atoms with van der Waals surface area (Å²) in [5.74, 6) is -1.29. The first kappa shape index (κ1) is 21.5. The molecule has 1 unspecified atom stereocenters. The number of H-pyrrole nitrogens is 1. The molecule has 0 bridgehead atoms. The molecule has 0 aliphatic rings. The van der Waals surface area contributed by atoms with Crippen molar-refractivity contribution in [2.75, 3.05) is 18.4 Å². The van der Waals surface area contributed by atoms with Crippen LogP contribution in [0.5, 0.6) is 0 Å². The predicted octanol–water partition coefficient (Wildman–Crippen LogP) is 4.38. The minimum absolute atomic E-state index is 0.212. The number of aromatic amines is 1. The number of rotatable bonds is 6. The number of hydrogen-bond donors (Lipinski definition) is 2. The number of Topliss-reactive ketones (excluding diaryl/α,β-unsaturated/α-hetero) is 1. The van der Waals surface area contributed by atoms with Crippen molar-refractivity contribution in [3.63, 3.8) is 0 Å². The van der Waals surface area contributed by atoms with Crippen LogP contribution in [0.25, 0.3) is 22.0 Å². The van der Waals surface area contributed by atoms with Gasteiger partial charge in [0.05, 0.1) is 16.9 Å². The molecule has 162 valence electrons. The molecule has 4 aromatic rings. The number of benzene rings is 3. The summed E-state index contributed by atoms with van der Waals surface area (Å²) in [7, 11) is 3.02. The van der Waals surface area contributed by atoms with Gasteiger partial charge >= 0.3 is 0 Å². The molecule has 0 saturated heterocycles. The second-order valence-electron chi connectivity index (χ2n) is 7.40. The van der Waals surface area contributed by atoms with Crippen molar-refractivity contribution >= 4 is 45.2 Å². The number of amides is 1. The maximum Gasteiger partial charge on any atom is 0.294 e. The van der Waals surface area contributed by atoms with Crippen LogP contribution >= 0.6 is 0 Å². The standard InChI is InChI=1S/C24H21N3O4S/c1-26(2)24(29)23(28)21-15-25-22-13-12-19(14-20(21)22)27(32(30)31)18-10-8-17(9-11-18)16-6-4-3-5-7-16/h3-15,25H,1-2H3,(H,30,31). The van der Waals surface area contributed by atoms with Crippen molar-refractivity contribution in [2.45, 2.75) is 0 Å². The topological polar surface area (TPSA) is 93.7 Å². The summed E-state index contributed by atoms with van der Waals surface area (Å²) in [6.07, 6.45) is 1.48. The molecule has 2 N–H and O–H groups in total. The van der Waals surface area contributed by atoms with Crippen LogP contribution in [0.15, 0.2) is 79.0 Å². The number of nitrogens with zero attached hydrogens (tertiary/aromatic N) is 2. The number of anilines is 2. The Labute approximate surface area is 187 Å². The van der Waals surface area contributed by atoms with Crippen molar-refractivity contribution in [3.05, 3.63) is 84.6 Å². The molecular formula is C24H21N3O4S. The molecule has 32 heavy (non-hydrogen) atoms. The molecule has 7 nitrogen and oxygen atoms in total. The van der Waals surface area contributed by atoms with Gasteiger partial charge in [0.15, 0.2) is 0 Å². The maximum absolute atomic E-state index is 12.6. The second-order valence-corrected chi connectivity index (χ2v) is 8.23. The SMILES string of the molecule is CN(C)C(=O)C(=O)c1c[nH]c2ccc(N(c3ccc(-c4ccccc4)cc3)S(=O)O)cc12. The van der Waals surface area contributed by atoms with Crippen LogP contribution in [-0.2, 0) is 16.1 Å². The molecule has 0 aliphatic carbocycles. The summed E-state index contributed by atoms with van der Waals surface area (Å²) < 4.78 is 23.5. The molecule has 8 heteroatoms. The second kappa shape index (κ2) is 8.78. The Bertz CT molecular complexity index is 1310. The minimum atomic E-state index is -2.36. The minimum Gasteiger partial charge on any atom is -0.360 e. The zero-order chi connectivity index (χ0) is 22.8. The van der Waals surface area contributed by atoms with Gasteiger partial charge in [-0.1, -0.05) is 42.5 Å². The van der Waals surface area contributed by atoms with Crippen molar-refractivity contribution in [2.24, 2.45) is 0 Å². The van der Waals surface area contributed by atoms with Gasteiger partial charge < -0.3 is 9.88 Å². The van der Waals surface area contributed by atoms with Crippen molar-refractivity contribution in [1.29, 1.82) is 0 Å². The van der Waals surface area contributed by atoms with Gasteiger partial charge in [0.25, 0.3) is 23.0 Å². The molecule has 0 fully saturated rings. The highest BCUT2D eigenvalue weighted by Gasteiger charge is 2.23. The van der Waals surface area contributed by atoms with Gasteiger partial charge in [0.1, 0.15) is 0 Å². The fourth-order valence-electron chi connectivity index (χ4n) is 3.49. The van der Waals surface area contributed by atoms with Crippen LogP contribution in [0.1, 0.15) is 10.4 Å². The Balaban J connectivity index is 1.73. The lowest BCUT2D eigenvalue weighted by Gasteiger charge is -2.20. The van der Waals surface area contributed by atoms with E-state index in [1.165, 1.54) is 29.5 Å². The van der Waals surface area contributed by atoms with Gasteiger partial charge in [0, 0.05) is 31.2 Å². The lowest BCUT2D eigenvalue weighted by molar-refractivity contribution is -0.124. The van der Waals surface area contributed by atoms with Crippen LogP contribution < -0.4 is 4.31 Å². The predicted molar refractivity (Wildman–Crippen MR) is 126 cm³/mol. The molecule has 1 atom stereocenters. The number of nitrogens with one attached hydrogen (secondary N) is 1. The van der Waals surface area contributed by atoms with Crippen molar-refractivity contribution in [1.82, 2.24) is 9.88 Å². The Kier molecular flexibility index (Phi) is 5.89. The summed E-state index contributed by atoms with van der Waals surface area (Å²) in [6.45, 7) is 0. The third-order valence-electron chi connectivity index (χ3n) is 5.11. The van der Waals surface area contributed by atoms with Gasteiger partial charge in [-0.2, -0.15) is 0 Å². The molecule has 0 saturated carbocycles. The van der Waals surface area contributed by atoms with E-state index in [0.29, 0.717) is 22.3 Å². The summed E-state index contributed by atoms with van der Waals surface area (Å²) in [5.41, 5.74) is 3.80. The van der Waals surface area contributed by atoms with E-state index in [9.17, 15) is 18.4 Å². The number of ketones is 1. The summed E-state index contributed by atoms with van der Waals surface area (Å²) in [5, 5.41) is 0.499. The van der Waals surface area contributed by atoms with E-state index in [-0.39, 0.29) is 5.56 Å². The molecule has 1 aromatic heterocycles. The molecule has 4 rings (SSSR count). The van der Waals surface area contributed by atoms with E-state index in [1.54, 1.807) is 30.3 Å². The Morgan fingerprint density at radius 3 is 2.12 bits per heavy atom. The highest BCUT2D eigenvalue weighted by molar-refractivity contribution is 7.81. The van der Waals surface area contributed by atoms with E-state index < -0.39 is 23.0 Å². The fourth-order valence-corrected chi connectivity index (χ4v) is 4.09. The Morgan fingerprint density at radius 1 is 0.875 bits per heavy atom. The average molecular weight is 448 g/mol. The van der Waals surface area contributed by atoms with Crippen LogP contribution in [0.2, 0.25) is 0 Å². The van der Waals surface area contributed by atoms with E-state index >= 15 is 0 Å². The number of fused-ring (bicyclic) bond motifs is 1.